The molecule has 0 aliphatic carbocycles. The fourth-order valence-electron chi connectivity index (χ4n) is 3.27. The first kappa shape index (κ1) is 15.8. The predicted octanol–water partition coefficient (Wildman–Crippen LogP) is 1.15. The molecule has 116 valence electrons. The van der Waals surface area contributed by atoms with Gasteiger partial charge in [0.15, 0.2) is 9.84 Å². The highest BCUT2D eigenvalue weighted by Gasteiger charge is 2.45. The Labute approximate surface area is 122 Å². The van der Waals surface area contributed by atoms with E-state index in [9.17, 15) is 13.2 Å². The summed E-state index contributed by atoms with van der Waals surface area (Å²) in [5.41, 5.74) is 0. The number of nitrogens with zero attached hydrogens (tertiary/aromatic N) is 1. The van der Waals surface area contributed by atoms with Crippen LogP contribution in [-0.4, -0.2) is 49.0 Å². The van der Waals surface area contributed by atoms with Gasteiger partial charge in [-0.1, -0.05) is 27.2 Å². The minimum atomic E-state index is -2.96. The maximum atomic E-state index is 12.6. The zero-order chi connectivity index (χ0) is 14.9. The van der Waals surface area contributed by atoms with Gasteiger partial charge in [0.2, 0.25) is 5.91 Å². The van der Waals surface area contributed by atoms with Crippen molar-refractivity contribution in [1.29, 1.82) is 0 Å². The third kappa shape index (κ3) is 3.34. The van der Waals surface area contributed by atoms with E-state index in [1.54, 1.807) is 0 Å². The largest absolute Gasteiger partial charge is 0.322 e. The summed E-state index contributed by atoms with van der Waals surface area (Å²) in [7, 11) is -2.96. The lowest BCUT2D eigenvalue weighted by molar-refractivity contribution is -0.132. The molecule has 2 aliphatic heterocycles. The second-order valence-electron chi connectivity index (χ2n) is 6.46. The average Bonchev–Trinajstić information content (AvgIpc) is 2.80. The van der Waals surface area contributed by atoms with Gasteiger partial charge in [-0.05, 0) is 25.2 Å². The molecule has 1 amide bonds. The Hall–Kier alpha value is -0.620. The van der Waals surface area contributed by atoms with E-state index >= 15 is 0 Å². The summed E-state index contributed by atoms with van der Waals surface area (Å²) in [6.07, 6.45) is 3.24. The molecule has 2 fully saturated rings. The van der Waals surface area contributed by atoms with Gasteiger partial charge in [-0.3, -0.25) is 10.1 Å². The molecule has 1 N–H and O–H groups in total. The van der Waals surface area contributed by atoms with E-state index in [4.69, 9.17) is 0 Å². The van der Waals surface area contributed by atoms with Crippen LogP contribution in [0.2, 0.25) is 0 Å². The van der Waals surface area contributed by atoms with Gasteiger partial charge in [0, 0.05) is 6.04 Å². The second-order valence-corrected chi connectivity index (χ2v) is 8.68. The number of carbonyl (C=O) groups excluding carboxylic acids is 1. The topological polar surface area (TPSA) is 66.5 Å². The summed E-state index contributed by atoms with van der Waals surface area (Å²) in [4.78, 5) is 14.4. The highest BCUT2D eigenvalue weighted by molar-refractivity contribution is 7.91. The van der Waals surface area contributed by atoms with Crippen LogP contribution in [0.3, 0.4) is 0 Å². The van der Waals surface area contributed by atoms with E-state index in [-0.39, 0.29) is 35.7 Å². The number of hydrogen-bond acceptors (Lipinski definition) is 4. The molecule has 0 radical (unpaired) electrons. The maximum Gasteiger partial charge on any atom is 0.241 e. The van der Waals surface area contributed by atoms with Crippen LogP contribution in [-0.2, 0) is 14.6 Å². The number of hydrogen-bond donors (Lipinski definition) is 1. The van der Waals surface area contributed by atoms with Crippen LogP contribution in [0.25, 0.3) is 0 Å². The SMILES string of the molecule is CCCC1NC(CC(C)C)N(C2CCS(=O)(=O)C2)C1=O. The normalized spacial score (nSPS) is 33.3. The van der Waals surface area contributed by atoms with Gasteiger partial charge in [-0.2, -0.15) is 0 Å². The van der Waals surface area contributed by atoms with E-state index in [1.165, 1.54) is 0 Å². The van der Waals surface area contributed by atoms with E-state index < -0.39 is 9.84 Å². The van der Waals surface area contributed by atoms with Crippen molar-refractivity contribution in [2.24, 2.45) is 5.92 Å². The van der Waals surface area contributed by atoms with E-state index in [0.717, 1.165) is 19.3 Å². The quantitative estimate of drug-likeness (QED) is 0.827. The lowest BCUT2D eigenvalue weighted by Crippen LogP contribution is -2.45. The molecular weight excluding hydrogens is 276 g/mol. The number of nitrogens with one attached hydrogen (secondary N) is 1. The molecule has 2 rings (SSSR count). The zero-order valence-electron chi connectivity index (χ0n) is 12.6. The van der Waals surface area contributed by atoms with Crippen LogP contribution in [0, 0.1) is 5.92 Å². The first-order valence-electron chi connectivity index (χ1n) is 7.62. The highest BCUT2D eigenvalue weighted by Crippen LogP contribution is 2.27. The van der Waals surface area contributed by atoms with Crippen molar-refractivity contribution >= 4 is 15.7 Å². The Morgan fingerprint density at radius 1 is 1.40 bits per heavy atom. The Kier molecular flexibility index (Phi) is 4.74. The molecule has 0 aromatic carbocycles. The minimum absolute atomic E-state index is 0.00245. The van der Waals surface area contributed by atoms with Crippen LogP contribution < -0.4 is 5.32 Å². The highest BCUT2D eigenvalue weighted by atomic mass is 32.2. The molecule has 0 aromatic heterocycles. The van der Waals surface area contributed by atoms with Gasteiger partial charge in [0.05, 0.1) is 23.7 Å². The molecule has 2 saturated heterocycles. The molecule has 0 spiro atoms. The Bertz CT molecular complexity index is 461. The summed E-state index contributed by atoms with van der Waals surface area (Å²) < 4.78 is 23.4. The van der Waals surface area contributed by atoms with Gasteiger partial charge >= 0.3 is 0 Å². The van der Waals surface area contributed by atoms with Crippen molar-refractivity contribution in [2.75, 3.05) is 11.5 Å². The fourth-order valence-corrected chi connectivity index (χ4v) is 4.98. The lowest BCUT2D eigenvalue weighted by atomic mass is 10.1. The Morgan fingerprint density at radius 2 is 2.10 bits per heavy atom. The van der Waals surface area contributed by atoms with Gasteiger partial charge in [-0.25, -0.2) is 8.42 Å². The van der Waals surface area contributed by atoms with Crippen molar-refractivity contribution in [1.82, 2.24) is 10.2 Å². The van der Waals surface area contributed by atoms with Gasteiger partial charge in [0.25, 0.3) is 0 Å². The van der Waals surface area contributed by atoms with Gasteiger partial charge < -0.3 is 4.90 Å². The molecule has 0 saturated carbocycles. The monoisotopic (exact) mass is 302 g/mol. The van der Waals surface area contributed by atoms with Crippen molar-refractivity contribution < 1.29 is 13.2 Å². The minimum Gasteiger partial charge on any atom is -0.322 e. The summed E-state index contributed by atoms with van der Waals surface area (Å²) in [5, 5.41) is 3.41. The first-order chi connectivity index (χ1) is 9.34. The first-order valence-corrected chi connectivity index (χ1v) is 9.45. The molecule has 6 heteroatoms. The summed E-state index contributed by atoms with van der Waals surface area (Å²) in [5.74, 6) is 0.920. The zero-order valence-corrected chi connectivity index (χ0v) is 13.4. The summed E-state index contributed by atoms with van der Waals surface area (Å²) in [6, 6.07) is -0.266. The molecule has 3 atom stereocenters. The van der Waals surface area contributed by atoms with Gasteiger partial charge in [0.1, 0.15) is 0 Å². The number of sulfone groups is 1. The smallest absolute Gasteiger partial charge is 0.241 e. The van der Waals surface area contributed by atoms with Crippen molar-refractivity contribution in [3.05, 3.63) is 0 Å². The molecule has 2 aliphatic rings. The van der Waals surface area contributed by atoms with Crippen LogP contribution >= 0.6 is 0 Å². The second kappa shape index (κ2) is 6.02. The molecule has 2 heterocycles. The molecular formula is C14H26N2O3S. The fraction of sp³-hybridized carbons (Fsp3) is 0.929. The molecule has 5 nitrogen and oxygen atoms in total. The van der Waals surface area contributed by atoms with Crippen molar-refractivity contribution in [2.45, 2.75) is 64.7 Å². The van der Waals surface area contributed by atoms with Crippen molar-refractivity contribution in [3.8, 4) is 0 Å². The third-order valence-electron chi connectivity index (χ3n) is 4.16. The summed E-state index contributed by atoms with van der Waals surface area (Å²) in [6.45, 7) is 6.32. The number of amides is 1. The van der Waals surface area contributed by atoms with E-state index in [2.05, 4.69) is 26.1 Å². The van der Waals surface area contributed by atoms with Crippen LogP contribution in [0.4, 0.5) is 0 Å². The van der Waals surface area contributed by atoms with Crippen LogP contribution in [0.15, 0.2) is 0 Å². The number of rotatable bonds is 5. The van der Waals surface area contributed by atoms with Crippen molar-refractivity contribution in [3.63, 3.8) is 0 Å². The van der Waals surface area contributed by atoms with Crippen LogP contribution in [0.5, 0.6) is 0 Å². The lowest BCUT2D eigenvalue weighted by Gasteiger charge is -2.30. The number of carbonyl (C=O) groups is 1. The standard InChI is InChI=1S/C14H26N2O3S/c1-4-5-12-14(17)16(13(15-12)8-10(2)3)11-6-7-20(18,19)9-11/h10-13,15H,4-9H2,1-3H3. The molecule has 0 bridgehead atoms. The Morgan fingerprint density at radius 3 is 2.60 bits per heavy atom. The maximum absolute atomic E-state index is 12.6. The molecule has 3 unspecified atom stereocenters. The predicted molar refractivity (Wildman–Crippen MR) is 79.0 cm³/mol. The van der Waals surface area contributed by atoms with Crippen LogP contribution in [0.1, 0.15) is 46.5 Å². The van der Waals surface area contributed by atoms with E-state index in [1.807, 2.05) is 4.90 Å². The Balaban J connectivity index is 2.15. The van der Waals surface area contributed by atoms with E-state index in [0.29, 0.717) is 12.3 Å². The van der Waals surface area contributed by atoms with Gasteiger partial charge in [-0.15, -0.1) is 0 Å². The third-order valence-corrected chi connectivity index (χ3v) is 5.91. The average molecular weight is 302 g/mol. The molecule has 20 heavy (non-hydrogen) atoms. The summed E-state index contributed by atoms with van der Waals surface area (Å²) >= 11 is 0. The molecule has 0 aromatic rings.